The summed E-state index contributed by atoms with van der Waals surface area (Å²) in [5, 5.41) is 15.1. The van der Waals surface area contributed by atoms with Crippen LogP contribution in [0.2, 0.25) is 0 Å². The molecule has 3 fully saturated rings. The van der Waals surface area contributed by atoms with Crippen LogP contribution >= 0.6 is 11.3 Å². The van der Waals surface area contributed by atoms with E-state index in [2.05, 4.69) is 31.3 Å². The number of methoxy groups -OCH3 is 1. The molecule has 2 N–H and O–H groups in total. The van der Waals surface area contributed by atoms with E-state index in [4.69, 9.17) is 9.84 Å². The summed E-state index contributed by atoms with van der Waals surface area (Å²) >= 11 is 1.59. The van der Waals surface area contributed by atoms with E-state index in [0.29, 0.717) is 18.3 Å². The predicted octanol–water partition coefficient (Wildman–Crippen LogP) is 5.89. The fraction of sp³-hybridized carbons (Fsp3) is 0.538. The van der Waals surface area contributed by atoms with E-state index < -0.39 is 5.97 Å². The van der Waals surface area contributed by atoms with Gasteiger partial charge in [0.2, 0.25) is 0 Å². The van der Waals surface area contributed by atoms with Gasteiger partial charge in [0.25, 0.3) is 5.91 Å². The maximum absolute atomic E-state index is 13.4. The van der Waals surface area contributed by atoms with Crippen LogP contribution in [0.1, 0.15) is 62.7 Å². The summed E-state index contributed by atoms with van der Waals surface area (Å²) in [6, 6.07) is 6.04. The van der Waals surface area contributed by atoms with Crippen molar-refractivity contribution in [1.29, 1.82) is 0 Å². The summed E-state index contributed by atoms with van der Waals surface area (Å²) < 4.78 is 6.45. The van der Waals surface area contributed by atoms with Crippen molar-refractivity contribution in [1.82, 2.24) is 5.32 Å². The van der Waals surface area contributed by atoms with Crippen molar-refractivity contribution in [3.05, 3.63) is 41.3 Å². The molecule has 2 bridgehead atoms. The minimum Gasteiger partial charge on any atom is -0.497 e. The van der Waals surface area contributed by atoms with Crippen molar-refractivity contribution in [3.8, 4) is 5.75 Å². The number of carbonyl (C=O) groups excluding carboxylic acids is 1. The Morgan fingerprint density at radius 3 is 2.81 bits per heavy atom. The van der Waals surface area contributed by atoms with Crippen LogP contribution in [0.5, 0.6) is 5.75 Å². The normalized spacial score (nSPS) is 26.1. The maximum atomic E-state index is 13.4. The van der Waals surface area contributed by atoms with Gasteiger partial charge in [-0.25, -0.2) is 0 Å². The molecule has 4 atom stereocenters. The number of amides is 1. The first-order valence-electron chi connectivity index (χ1n) is 11.5. The molecule has 1 heterocycles. The number of aliphatic carboxylic acids is 1. The molecule has 1 aromatic carbocycles. The summed E-state index contributed by atoms with van der Waals surface area (Å²) in [7, 11) is 1.64. The topological polar surface area (TPSA) is 75.6 Å². The number of carbonyl (C=O) groups is 2. The van der Waals surface area contributed by atoms with Crippen molar-refractivity contribution in [2.45, 2.75) is 58.4 Å². The van der Waals surface area contributed by atoms with E-state index in [1.807, 2.05) is 23.6 Å². The number of carboxylic acids is 1. The van der Waals surface area contributed by atoms with Gasteiger partial charge in [0, 0.05) is 27.9 Å². The van der Waals surface area contributed by atoms with E-state index in [-0.39, 0.29) is 23.8 Å². The van der Waals surface area contributed by atoms with Gasteiger partial charge in [0.1, 0.15) is 5.75 Å². The standard InChI is InChI=1S/C26H33NO4S/c1-26(2)17-12-16(8-6-4-5-7-9-23(28)29)24(21(26)13-17)27-25(30)20-15-32-22-11-10-18(31-3)14-19(20)22/h4,6,10-11,14-17,21,24H,5,7-9,12-13H2,1-3H3,(H,27,30)(H,28,29)/t16-,17-,21-,24?/m1/s1. The lowest BCUT2D eigenvalue weighted by molar-refractivity contribution is -0.137. The molecule has 0 spiro atoms. The molecule has 6 heteroatoms. The average Bonchev–Trinajstić information content (AvgIpc) is 3.19. The van der Waals surface area contributed by atoms with E-state index >= 15 is 0 Å². The first-order chi connectivity index (χ1) is 15.3. The molecule has 1 unspecified atom stereocenters. The largest absolute Gasteiger partial charge is 0.497 e. The molecule has 3 aliphatic carbocycles. The number of unbranched alkanes of at least 4 members (excludes halogenated alkanes) is 1. The number of hydrogen-bond acceptors (Lipinski definition) is 4. The molecular weight excluding hydrogens is 422 g/mol. The Hall–Kier alpha value is -2.34. The summed E-state index contributed by atoms with van der Waals surface area (Å²) in [5.74, 6) is 1.66. The Labute approximate surface area is 193 Å². The third-order valence-electron chi connectivity index (χ3n) is 7.76. The second-order valence-corrected chi connectivity index (χ2v) is 10.8. The van der Waals surface area contributed by atoms with E-state index in [1.54, 1.807) is 18.4 Å². The first kappa shape index (κ1) is 22.8. The molecular formula is C26H33NO4S. The van der Waals surface area contributed by atoms with Gasteiger partial charge >= 0.3 is 5.97 Å². The average molecular weight is 456 g/mol. The van der Waals surface area contributed by atoms with Crippen molar-refractivity contribution in [2.24, 2.45) is 23.2 Å². The van der Waals surface area contributed by atoms with Crippen molar-refractivity contribution in [2.75, 3.05) is 7.11 Å². The highest BCUT2D eigenvalue weighted by molar-refractivity contribution is 7.17. The van der Waals surface area contributed by atoms with Crippen LogP contribution in [0.3, 0.4) is 0 Å². The van der Waals surface area contributed by atoms with Gasteiger partial charge in [-0.15, -0.1) is 11.3 Å². The molecule has 5 nitrogen and oxygen atoms in total. The number of carboxylic acid groups (broad SMARTS) is 1. The lowest BCUT2D eigenvalue weighted by atomic mass is 9.44. The van der Waals surface area contributed by atoms with Crippen LogP contribution < -0.4 is 10.1 Å². The van der Waals surface area contributed by atoms with E-state index in [1.165, 1.54) is 6.42 Å². The summed E-state index contributed by atoms with van der Waals surface area (Å²) in [6.07, 6.45) is 9.21. The van der Waals surface area contributed by atoms with Crippen molar-refractivity contribution < 1.29 is 19.4 Å². The number of nitrogens with one attached hydrogen (secondary N) is 1. The number of thiophene rings is 1. The lowest BCUT2D eigenvalue weighted by Crippen LogP contribution is -2.63. The second kappa shape index (κ2) is 9.26. The van der Waals surface area contributed by atoms with Gasteiger partial charge in [0.05, 0.1) is 12.7 Å². The molecule has 172 valence electrons. The molecule has 3 saturated carbocycles. The fourth-order valence-corrected chi connectivity index (χ4v) is 6.59. The summed E-state index contributed by atoms with van der Waals surface area (Å²) in [6.45, 7) is 4.68. The number of hydrogen-bond donors (Lipinski definition) is 2. The quantitative estimate of drug-likeness (QED) is 0.365. The zero-order valence-electron chi connectivity index (χ0n) is 19.1. The third-order valence-corrected chi connectivity index (χ3v) is 8.73. The predicted molar refractivity (Wildman–Crippen MR) is 128 cm³/mol. The Balaban J connectivity index is 1.47. The molecule has 3 aliphatic rings. The van der Waals surface area contributed by atoms with Gasteiger partial charge in [-0.1, -0.05) is 26.0 Å². The molecule has 0 radical (unpaired) electrons. The zero-order valence-corrected chi connectivity index (χ0v) is 19.9. The van der Waals surface area contributed by atoms with Crippen LogP contribution in [0.15, 0.2) is 35.7 Å². The van der Waals surface area contributed by atoms with Crippen LogP contribution in [-0.2, 0) is 4.79 Å². The highest BCUT2D eigenvalue weighted by Crippen LogP contribution is 2.61. The molecule has 32 heavy (non-hydrogen) atoms. The molecule has 1 amide bonds. The van der Waals surface area contributed by atoms with E-state index in [9.17, 15) is 9.59 Å². The zero-order chi connectivity index (χ0) is 22.9. The molecule has 2 aromatic rings. The van der Waals surface area contributed by atoms with Crippen molar-refractivity contribution >= 4 is 33.3 Å². The van der Waals surface area contributed by atoms with Crippen LogP contribution in [-0.4, -0.2) is 30.1 Å². The van der Waals surface area contributed by atoms with Gasteiger partial charge in [-0.05, 0) is 73.5 Å². The monoisotopic (exact) mass is 455 g/mol. The minimum absolute atomic E-state index is 0.00564. The minimum atomic E-state index is -0.741. The summed E-state index contributed by atoms with van der Waals surface area (Å²) in [5.41, 5.74) is 0.991. The smallest absolute Gasteiger partial charge is 0.303 e. The van der Waals surface area contributed by atoms with Crippen LogP contribution in [0.25, 0.3) is 10.1 Å². The first-order valence-corrected chi connectivity index (χ1v) is 12.4. The Morgan fingerprint density at radius 2 is 2.09 bits per heavy atom. The number of ether oxygens (including phenoxy) is 1. The summed E-state index contributed by atoms with van der Waals surface area (Å²) in [4.78, 5) is 24.0. The maximum Gasteiger partial charge on any atom is 0.303 e. The third kappa shape index (κ3) is 4.42. The Morgan fingerprint density at radius 1 is 1.28 bits per heavy atom. The highest BCUT2D eigenvalue weighted by Gasteiger charge is 2.57. The van der Waals surface area contributed by atoms with E-state index in [0.717, 1.165) is 46.6 Å². The van der Waals surface area contributed by atoms with Crippen molar-refractivity contribution in [3.63, 3.8) is 0 Å². The van der Waals surface area contributed by atoms with Gasteiger partial charge in [0.15, 0.2) is 0 Å². The number of rotatable bonds is 9. The van der Waals surface area contributed by atoms with Gasteiger partial charge in [-0.2, -0.15) is 0 Å². The highest BCUT2D eigenvalue weighted by atomic mass is 32.1. The number of allylic oxidation sites excluding steroid dienone is 2. The lowest BCUT2D eigenvalue weighted by Gasteiger charge is -2.62. The second-order valence-electron chi connectivity index (χ2n) is 9.86. The molecule has 5 rings (SSSR count). The van der Waals surface area contributed by atoms with Gasteiger partial charge < -0.3 is 15.2 Å². The SMILES string of the molecule is COc1ccc2scc(C(=O)NC3[C@H](CC=CCCCC(=O)O)C[C@@H]4C[C@H]3C4(C)C)c2c1. The molecule has 1 aromatic heterocycles. The Kier molecular flexibility index (Phi) is 6.61. The number of benzene rings is 1. The fourth-order valence-electron chi connectivity index (χ4n) is 5.67. The number of fused-ring (bicyclic) bond motifs is 3. The molecule has 0 aliphatic heterocycles. The van der Waals surface area contributed by atoms with Crippen LogP contribution in [0.4, 0.5) is 0 Å². The molecule has 0 saturated heterocycles. The van der Waals surface area contributed by atoms with Crippen LogP contribution in [0, 0.1) is 23.2 Å². The van der Waals surface area contributed by atoms with Gasteiger partial charge in [-0.3, -0.25) is 9.59 Å². The Bertz CT molecular complexity index is 1020.